The molecular weight excluding hydrogens is 416 g/mol. The van der Waals surface area contributed by atoms with Crippen LogP contribution in [0.2, 0.25) is 0 Å². The fraction of sp³-hybridized carbons (Fsp3) is 0.435. The van der Waals surface area contributed by atoms with E-state index >= 15 is 0 Å². The standard InChI is InChI=1S/C23H30N2O5S/c1-5-24(6-2)31(27,28)19-12-9-17(10-13-19)23(26)25-15-7-8-21(25)20-14-11-18(29-3)16-22(20)30-4/h9-14,16,21H,5-8,15H2,1-4H3/t21-/m1/s1. The molecule has 2 aromatic carbocycles. The molecule has 0 bridgehead atoms. The van der Waals surface area contributed by atoms with Gasteiger partial charge in [-0.25, -0.2) is 8.42 Å². The average molecular weight is 447 g/mol. The van der Waals surface area contributed by atoms with Gasteiger partial charge in [0.05, 0.1) is 25.2 Å². The van der Waals surface area contributed by atoms with Crippen LogP contribution in [0.1, 0.15) is 48.7 Å². The van der Waals surface area contributed by atoms with Crippen LogP contribution in [0.15, 0.2) is 47.4 Å². The van der Waals surface area contributed by atoms with E-state index in [0.717, 1.165) is 18.4 Å². The number of sulfonamides is 1. The van der Waals surface area contributed by atoms with Crippen molar-refractivity contribution in [1.29, 1.82) is 0 Å². The summed E-state index contributed by atoms with van der Waals surface area (Å²) in [7, 11) is -0.345. The van der Waals surface area contributed by atoms with E-state index < -0.39 is 10.0 Å². The largest absolute Gasteiger partial charge is 0.497 e. The van der Waals surface area contributed by atoms with Gasteiger partial charge in [0.2, 0.25) is 10.0 Å². The van der Waals surface area contributed by atoms with Gasteiger partial charge in [-0.15, -0.1) is 0 Å². The van der Waals surface area contributed by atoms with Gasteiger partial charge in [0.25, 0.3) is 5.91 Å². The Bertz CT molecular complexity index is 1020. The van der Waals surface area contributed by atoms with Crippen LogP contribution in [-0.2, 0) is 10.0 Å². The number of hydrogen-bond acceptors (Lipinski definition) is 5. The second-order valence-electron chi connectivity index (χ2n) is 7.38. The average Bonchev–Trinajstić information content (AvgIpc) is 3.28. The number of methoxy groups -OCH3 is 2. The molecule has 1 heterocycles. The van der Waals surface area contributed by atoms with Crippen molar-refractivity contribution >= 4 is 15.9 Å². The molecule has 31 heavy (non-hydrogen) atoms. The molecular formula is C23H30N2O5S. The van der Waals surface area contributed by atoms with Crippen molar-refractivity contribution in [2.75, 3.05) is 33.9 Å². The van der Waals surface area contributed by atoms with Crippen LogP contribution in [0, 0.1) is 0 Å². The number of nitrogens with zero attached hydrogens (tertiary/aromatic N) is 2. The van der Waals surface area contributed by atoms with Gasteiger partial charge in [-0.1, -0.05) is 13.8 Å². The van der Waals surface area contributed by atoms with Gasteiger partial charge in [-0.2, -0.15) is 4.31 Å². The minimum Gasteiger partial charge on any atom is -0.497 e. The van der Waals surface area contributed by atoms with E-state index in [4.69, 9.17) is 9.47 Å². The first-order valence-corrected chi connectivity index (χ1v) is 11.9. The quantitative estimate of drug-likeness (QED) is 0.618. The topological polar surface area (TPSA) is 76.2 Å². The highest BCUT2D eigenvalue weighted by atomic mass is 32.2. The Morgan fingerprint density at radius 1 is 1.06 bits per heavy atom. The van der Waals surface area contributed by atoms with Crippen molar-refractivity contribution in [1.82, 2.24) is 9.21 Å². The summed E-state index contributed by atoms with van der Waals surface area (Å²) in [5, 5.41) is 0. The van der Waals surface area contributed by atoms with E-state index in [1.807, 2.05) is 23.1 Å². The van der Waals surface area contributed by atoms with Crippen molar-refractivity contribution < 1.29 is 22.7 Å². The van der Waals surface area contributed by atoms with Crippen molar-refractivity contribution in [3.05, 3.63) is 53.6 Å². The van der Waals surface area contributed by atoms with Crippen molar-refractivity contribution in [2.45, 2.75) is 37.6 Å². The molecule has 1 aliphatic rings. The lowest BCUT2D eigenvalue weighted by molar-refractivity contribution is 0.0734. The van der Waals surface area contributed by atoms with Gasteiger partial charge in [0.15, 0.2) is 0 Å². The van der Waals surface area contributed by atoms with Crippen LogP contribution in [0.4, 0.5) is 0 Å². The summed E-state index contributed by atoms with van der Waals surface area (Å²) in [6.07, 6.45) is 1.73. The highest BCUT2D eigenvalue weighted by molar-refractivity contribution is 7.89. The number of carbonyl (C=O) groups excluding carboxylic acids is 1. The second-order valence-corrected chi connectivity index (χ2v) is 9.32. The first-order valence-electron chi connectivity index (χ1n) is 10.5. The lowest BCUT2D eigenvalue weighted by Crippen LogP contribution is -2.31. The predicted octanol–water partition coefficient (Wildman–Crippen LogP) is 3.71. The Balaban J connectivity index is 1.86. The molecule has 1 amide bonds. The number of carbonyl (C=O) groups is 1. The molecule has 168 valence electrons. The van der Waals surface area contributed by atoms with Gasteiger partial charge < -0.3 is 14.4 Å². The minimum absolute atomic E-state index is 0.104. The lowest BCUT2D eigenvalue weighted by atomic mass is 10.0. The monoisotopic (exact) mass is 446 g/mol. The zero-order chi connectivity index (χ0) is 22.6. The van der Waals surface area contributed by atoms with Gasteiger partial charge in [0.1, 0.15) is 11.5 Å². The number of likely N-dealkylation sites (tertiary alicyclic amines) is 1. The summed E-state index contributed by atoms with van der Waals surface area (Å²) in [6, 6.07) is 11.7. The SMILES string of the molecule is CCN(CC)S(=O)(=O)c1ccc(C(=O)N2CCC[C@@H]2c2ccc(OC)cc2OC)cc1. The molecule has 0 aromatic heterocycles. The van der Waals surface area contributed by atoms with Crippen molar-refractivity contribution in [3.63, 3.8) is 0 Å². The summed E-state index contributed by atoms with van der Waals surface area (Å²) in [6.45, 7) is 5.05. The number of benzene rings is 2. The number of amides is 1. The van der Waals surface area contributed by atoms with E-state index in [2.05, 4.69) is 0 Å². The molecule has 0 radical (unpaired) electrons. The fourth-order valence-electron chi connectivity index (χ4n) is 4.07. The molecule has 3 rings (SSSR count). The molecule has 1 saturated heterocycles. The zero-order valence-electron chi connectivity index (χ0n) is 18.5. The summed E-state index contributed by atoms with van der Waals surface area (Å²) >= 11 is 0. The molecule has 7 nitrogen and oxygen atoms in total. The molecule has 1 atom stereocenters. The molecule has 0 N–H and O–H groups in total. The molecule has 0 aliphatic carbocycles. The Hall–Kier alpha value is -2.58. The second kappa shape index (κ2) is 9.70. The van der Waals surface area contributed by atoms with Crippen LogP contribution in [0.5, 0.6) is 11.5 Å². The van der Waals surface area contributed by atoms with E-state index in [9.17, 15) is 13.2 Å². The van der Waals surface area contributed by atoms with Gasteiger partial charge in [0, 0.05) is 36.8 Å². The molecule has 8 heteroatoms. The number of ether oxygens (including phenoxy) is 2. The highest BCUT2D eigenvalue weighted by Gasteiger charge is 2.33. The minimum atomic E-state index is -3.55. The molecule has 0 unspecified atom stereocenters. The molecule has 0 saturated carbocycles. The number of rotatable bonds is 8. The Morgan fingerprint density at radius 3 is 2.32 bits per heavy atom. The van der Waals surface area contributed by atoms with Gasteiger partial charge in [-0.3, -0.25) is 4.79 Å². The van der Waals surface area contributed by atoms with Gasteiger partial charge >= 0.3 is 0 Å². The summed E-state index contributed by atoms with van der Waals surface area (Å²) in [5.41, 5.74) is 1.41. The lowest BCUT2D eigenvalue weighted by Gasteiger charge is -2.27. The first-order chi connectivity index (χ1) is 14.9. The fourth-order valence-corrected chi connectivity index (χ4v) is 5.53. The maximum absolute atomic E-state index is 13.3. The Kier molecular flexibility index (Phi) is 7.23. The maximum atomic E-state index is 13.3. The van der Waals surface area contributed by atoms with Gasteiger partial charge in [-0.05, 0) is 49.2 Å². The molecule has 1 aliphatic heterocycles. The highest BCUT2D eigenvalue weighted by Crippen LogP contribution is 2.39. The normalized spacial score (nSPS) is 16.5. The molecule has 2 aromatic rings. The van der Waals surface area contributed by atoms with Crippen LogP contribution in [-0.4, -0.2) is 57.4 Å². The third-order valence-electron chi connectivity index (χ3n) is 5.76. The predicted molar refractivity (Wildman–Crippen MR) is 119 cm³/mol. The van der Waals surface area contributed by atoms with E-state index in [0.29, 0.717) is 36.7 Å². The van der Waals surface area contributed by atoms with E-state index in [1.165, 1.54) is 16.4 Å². The Morgan fingerprint density at radius 2 is 1.74 bits per heavy atom. The smallest absolute Gasteiger partial charge is 0.254 e. The van der Waals surface area contributed by atoms with Crippen LogP contribution < -0.4 is 9.47 Å². The first kappa shape index (κ1) is 23.1. The third-order valence-corrected chi connectivity index (χ3v) is 7.82. The maximum Gasteiger partial charge on any atom is 0.254 e. The molecule has 0 spiro atoms. The zero-order valence-corrected chi connectivity index (χ0v) is 19.3. The molecule has 1 fully saturated rings. The van der Waals surface area contributed by atoms with Crippen LogP contribution >= 0.6 is 0 Å². The van der Waals surface area contributed by atoms with E-state index in [-0.39, 0.29) is 16.8 Å². The summed E-state index contributed by atoms with van der Waals surface area (Å²) in [4.78, 5) is 15.3. The summed E-state index contributed by atoms with van der Waals surface area (Å²) < 4.78 is 37.6. The van der Waals surface area contributed by atoms with Crippen LogP contribution in [0.3, 0.4) is 0 Å². The number of hydrogen-bond donors (Lipinski definition) is 0. The van der Waals surface area contributed by atoms with E-state index in [1.54, 1.807) is 40.2 Å². The Labute approximate surface area is 184 Å². The third kappa shape index (κ3) is 4.55. The van der Waals surface area contributed by atoms with Crippen molar-refractivity contribution in [2.24, 2.45) is 0 Å². The van der Waals surface area contributed by atoms with Crippen molar-refractivity contribution in [3.8, 4) is 11.5 Å². The summed E-state index contributed by atoms with van der Waals surface area (Å²) in [5.74, 6) is 1.26. The van der Waals surface area contributed by atoms with Crippen LogP contribution in [0.25, 0.3) is 0 Å².